The van der Waals surface area contributed by atoms with E-state index in [4.69, 9.17) is 0 Å². The van der Waals surface area contributed by atoms with E-state index in [1.54, 1.807) is 6.92 Å². The molecule has 0 saturated carbocycles. The Labute approximate surface area is 56.3 Å². The van der Waals surface area contributed by atoms with Crippen molar-refractivity contribution in [2.45, 2.75) is 13.5 Å². The largest absolute Gasteiger partial charge is 0.437 e. The number of nitrogens with zero attached hydrogens (tertiary/aromatic N) is 2. The van der Waals surface area contributed by atoms with Crippen LogP contribution in [-0.2, 0) is 11.3 Å². The van der Waals surface area contributed by atoms with Crippen LogP contribution in [0.15, 0.2) is 9.21 Å². The lowest BCUT2D eigenvalue weighted by molar-refractivity contribution is -0.108. The molecule has 0 saturated heterocycles. The monoisotopic (exact) mass is 142 g/mol. The van der Waals surface area contributed by atoms with E-state index < -0.39 is 5.76 Å². The molecule has 0 atom stereocenters. The van der Waals surface area contributed by atoms with Gasteiger partial charge >= 0.3 is 5.76 Å². The highest BCUT2D eigenvalue weighted by atomic mass is 16.4. The second-order valence-electron chi connectivity index (χ2n) is 1.74. The number of aldehydes is 1. The van der Waals surface area contributed by atoms with Crippen LogP contribution < -0.4 is 5.76 Å². The zero-order valence-corrected chi connectivity index (χ0v) is 5.40. The molecule has 0 aliphatic heterocycles. The van der Waals surface area contributed by atoms with Crippen molar-refractivity contribution < 1.29 is 9.21 Å². The molecule has 1 heterocycles. The maximum Gasteiger partial charge on any atom is 0.437 e. The Kier molecular flexibility index (Phi) is 1.66. The van der Waals surface area contributed by atoms with Crippen molar-refractivity contribution in [2.75, 3.05) is 0 Å². The third-order valence-electron chi connectivity index (χ3n) is 0.955. The van der Waals surface area contributed by atoms with Crippen LogP contribution in [0.2, 0.25) is 0 Å². The van der Waals surface area contributed by atoms with E-state index in [0.29, 0.717) is 6.29 Å². The summed E-state index contributed by atoms with van der Waals surface area (Å²) < 4.78 is 5.47. The van der Waals surface area contributed by atoms with Gasteiger partial charge in [0.2, 0.25) is 5.89 Å². The molecule has 0 N–H and O–H groups in total. The first kappa shape index (κ1) is 6.73. The number of carbonyl (C=O) groups excluding carboxylic acids is 1. The smallest absolute Gasteiger partial charge is 0.393 e. The predicted molar refractivity (Wildman–Crippen MR) is 31.6 cm³/mol. The number of aromatic nitrogens is 2. The molecule has 0 radical (unpaired) electrons. The molecule has 10 heavy (non-hydrogen) atoms. The summed E-state index contributed by atoms with van der Waals surface area (Å²) in [5.74, 6) is -0.323. The quantitative estimate of drug-likeness (QED) is 0.514. The number of hydrogen-bond donors (Lipinski definition) is 0. The summed E-state index contributed by atoms with van der Waals surface area (Å²) in [6.45, 7) is 1.50. The lowest BCUT2D eigenvalue weighted by Gasteiger charge is -1.83. The van der Waals surface area contributed by atoms with Gasteiger partial charge < -0.3 is 9.21 Å². The summed E-state index contributed by atoms with van der Waals surface area (Å²) in [5, 5.41) is 3.61. The Morgan fingerprint density at radius 3 is 2.90 bits per heavy atom. The van der Waals surface area contributed by atoms with Crippen molar-refractivity contribution in [1.29, 1.82) is 0 Å². The van der Waals surface area contributed by atoms with E-state index in [-0.39, 0.29) is 12.4 Å². The van der Waals surface area contributed by atoms with Gasteiger partial charge in [-0.3, -0.25) is 0 Å². The standard InChI is InChI=1S/C5H6N2O3/c1-4-6-7(2-3-8)5(9)10-4/h3H,2H2,1H3. The van der Waals surface area contributed by atoms with Crippen LogP contribution in [0.25, 0.3) is 0 Å². The summed E-state index contributed by atoms with van der Waals surface area (Å²) in [7, 11) is 0. The van der Waals surface area contributed by atoms with Crippen LogP contribution in [0.3, 0.4) is 0 Å². The molecule has 0 amide bonds. The summed E-state index contributed by atoms with van der Waals surface area (Å²) in [4.78, 5) is 20.5. The van der Waals surface area contributed by atoms with Crippen molar-refractivity contribution in [1.82, 2.24) is 9.78 Å². The second-order valence-corrected chi connectivity index (χ2v) is 1.74. The summed E-state index contributed by atoms with van der Waals surface area (Å²) in [5.41, 5.74) is 0. The maximum absolute atomic E-state index is 10.6. The fraction of sp³-hybridized carbons (Fsp3) is 0.400. The molecule has 1 rings (SSSR count). The van der Waals surface area contributed by atoms with Gasteiger partial charge in [-0.25, -0.2) is 4.79 Å². The minimum atomic E-state index is -0.593. The van der Waals surface area contributed by atoms with E-state index in [1.165, 1.54) is 0 Å². The van der Waals surface area contributed by atoms with Gasteiger partial charge in [0, 0.05) is 6.92 Å². The summed E-state index contributed by atoms with van der Waals surface area (Å²) >= 11 is 0. The van der Waals surface area contributed by atoms with Crippen molar-refractivity contribution in [3.8, 4) is 0 Å². The first-order chi connectivity index (χ1) is 4.74. The Hall–Kier alpha value is -1.39. The lowest BCUT2D eigenvalue weighted by atomic mass is 10.7. The van der Waals surface area contributed by atoms with E-state index in [2.05, 4.69) is 9.52 Å². The molecular weight excluding hydrogens is 136 g/mol. The fourth-order valence-electron chi connectivity index (χ4n) is 0.596. The molecule has 1 aromatic heterocycles. The third-order valence-corrected chi connectivity index (χ3v) is 0.955. The normalized spacial score (nSPS) is 9.70. The van der Waals surface area contributed by atoms with Gasteiger partial charge in [0.1, 0.15) is 12.8 Å². The molecular formula is C5H6N2O3. The van der Waals surface area contributed by atoms with Crippen LogP contribution in [0.1, 0.15) is 5.89 Å². The van der Waals surface area contributed by atoms with E-state index >= 15 is 0 Å². The molecule has 0 fully saturated rings. The van der Waals surface area contributed by atoms with Crippen LogP contribution in [-0.4, -0.2) is 16.1 Å². The van der Waals surface area contributed by atoms with Gasteiger partial charge in [-0.05, 0) is 0 Å². The lowest BCUT2D eigenvalue weighted by Crippen LogP contribution is -2.16. The van der Waals surface area contributed by atoms with E-state index in [0.717, 1.165) is 4.68 Å². The molecule has 0 aromatic carbocycles. The molecule has 1 aromatic rings. The molecule has 0 aliphatic carbocycles. The van der Waals surface area contributed by atoms with Crippen LogP contribution in [0, 0.1) is 6.92 Å². The fourth-order valence-corrected chi connectivity index (χ4v) is 0.596. The number of hydrogen-bond acceptors (Lipinski definition) is 4. The Morgan fingerprint density at radius 1 is 1.80 bits per heavy atom. The molecule has 0 unspecified atom stereocenters. The first-order valence-electron chi connectivity index (χ1n) is 2.72. The number of carbonyl (C=O) groups is 1. The van der Waals surface area contributed by atoms with E-state index in [1.807, 2.05) is 0 Å². The van der Waals surface area contributed by atoms with Crippen molar-refractivity contribution in [2.24, 2.45) is 0 Å². The average molecular weight is 142 g/mol. The predicted octanol–water partition coefficient (Wildman–Crippen LogP) is -0.656. The van der Waals surface area contributed by atoms with Crippen LogP contribution in [0.4, 0.5) is 0 Å². The number of aryl methyl sites for hydroxylation is 1. The SMILES string of the molecule is Cc1nn(CC=O)c(=O)o1. The summed E-state index contributed by atoms with van der Waals surface area (Å²) in [6.07, 6.45) is 0.587. The zero-order valence-electron chi connectivity index (χ0n) is 5.40. The van der Waals surface area contributed by atoms with Gasteiger partial charge in [-0.2, -0.15) is 4.68 Å². The molecule has 5 nitrogen and oxygen atoms in total. The minimum Gasteiger partial charge on any atom is -0.393 e. The van der Waals surface area contributed by atoms with Crippen molar-refractivity contribution >= 4 is 6.29 Å². The van der Waals surface area contributed by atoms with Gasteiger partial charge in [0.15, 0.2) is 0 Å². The van der Waals surface area contributed by atoms with Crippen LogP contribution >= 0.6 is 0 Å². The van der Waals surface area contributed by atoms with Gasteiger partial charge in [-0.1, -0.05) is 0 Å². The maximum atomic E-state index is 10.6. The molecule has 0 bridgehead atoms. The van der Waals surface area contributed by atoms with Crippen molar-refractivity contribution in [3.05, 3.63) is 16.4 Å². The second kappa shape index (κ2) is 2.47. The number of rotatable bonds is 2. The molecule has 54 valence electrons. The summed E-state index contributed by atoms with van der Waals surface area (Å²) in [6, 6.07) is 0. The topological polar surface area (TPSA) is 65.1 Å². The molecule has 5 heteroatoms. The first-order valence-corrected chi connectivity index (χ1v) is 2.72. The Morgan fingerprint density at radius 2 is 2.50 bits per heavy atom. The Bertz CT molecular complexity index is 285. The molecule has 0 aliphatic rings. The van der Waals surface area contributed by atoms with E-state index in [9.17, 15) is 9.59 Å². The van der Waals surface area contributed by atoms with Gasteiger partial charge in [0.25, 0.3) is 0 Å². The average Bonchev–Trinajstić information content (AvgIpc) is 2.13. The zero-order chi connectivity index (χ0) is 7.56. The van der Waals surface area contributed by atoms with Crippen molar-refractivity contribution in [3.63, 3.8) is 0 Å². The Balaban J connectivity index is 3.03. The van der Waals surface area contributed by atoms with Gasteiger partial charge in [-0.15, -0.1) is 5.10 Å². The van der Waals surface area contributed by atoms with Gasteiger partial charge in [0.05, 0.1) is 0 Å². The third kappa shape index (κ3) is 1.12. The highest BCUT2D eigenvalue weighted by molar-refractivity contribution is 5.48. The molecule has 0 spiro atoms. The highest BCUT2D eigenvalue weighted by Gasteiger charge is 2.00. The minimum absolute atomic E-state index is 0.0455. The highest BCUT2D eigenvalue weighted by Crippen LogP contribution is 1.82. The van der Waals surface area contributed by atoms with Crippen LogP contribution in [0.5, 0.6) is 0 Å².